The summed E-state index contributed by atoms with van der Waals surface area (Å²) < 4.78 is 1.72. The monoisotopic (exact) mass is 391 g/mol. The van der Waals surface area contributed by atoms with E-state index < -0.39 is 0 Å². The average molecular weight is 392 g/mol. The number of carbonyl (C=O) groups is 1. The van der Waals surface area contributed by atoms with E-state index in [1.807, 2.05) is 32.0 Å². The number of para-hydroxylation sites is 1. The number of H-pyrrole nitrogens is 1. The molecule has 0 fully saturated rings. The first-order chi connectivity index (χ1) is 13.9. The molecule has 2 N–H and O–H groups in total. The van der Waals surface area contributed by atoms with E-state index in [1.54, 1.807) is 4.57 Å². The summed E-state index contributed by atoms with van der Waals surface area (Å²) in [7, 11) is 0. The van der Waals surface area contributed by atoms with Crippen LogP contribution in [0.4, 0.5) is 0 Å². The Bertz CT molecular complexity index is 1140. The maximum atomic E-state index is 13.2. The van der Waals surface area contributed by atoms with E-state index in [4.69, 9.17) is 0 Å². The van der Waals surface area contributed by atoms with Crippen LogP contribution < -0.4 is 10.9 Å². The molecular formula is C24H29N3O2. The lowest BCUT2D eigenvalue weighted by molar-refractivity contribution is 0.0929. The molecule has 0 saturated heterocycles. The quantitative estimate of drug-likeness (QED) is 0.692. The highest BCUT2D eigenvalue weighted by Crippen LogP contribution is 2.34. The number of nitrogens with zero attached hydrogens (tertiary/aromatic N) is 1. The number of aromatic nitrogens is 2. The van der Waals surface area contributed by atoms with Crippen LogP contribution in [0.1, 0.15) is 65.6 Å². The molecule has 5 heteroatoms. The Morgan fingerprint density at radius 1 is 1.28 bits per heavy atom. The summed E-state index contributed by atoms with van der Waals surface area (Å²) in [6, 6.07) is 10.1. The third-order valence-electron chi connectivity index (χ3n) is 5.90. The summed E-state index contributed by atoms with van der Waals surface area (Å²) >= 11 is 0. The van der Waals surface area contributed by atoms with E-state index in [-0.39, 0.29) is 23.1 Å². The number of carbonyl (C=O) groups excluding carboxylic acids is 1. The largest absolute Gasteiger partial charge is 0.356 e. The van der Waals surface area contributed by atoms with Crippen molar-refractivity contribution >= 4 is 16.8 Å². The molecule has 4 rings (SSSR count). The first-order valence-corrected chi connectivity index (χ1v) is 10.5. The highest BCUT2D eigenvalue weighted by Gasteiger charge is 2.27. The van der Waals surface area contributed by atoms with Crippen molar-refractivity contribution in [3.63, 3.8) is 0 Å². The van der Waals surface area contributed by atoms with E-state index in [9.17, 15) is 9.59 Å². The second-order valence-corrected chi connectivity index (χ2v) is 8.63. The van der Waals surface area contributed by atoms with Gasteiger partial charge in [0.15, 0.2) is 0 Å². The lowest BCUT2D eigenvalue weighted by atomic mass is 9.91. The molecule has 0 saturated carbocycles. The van der Waals surface area contributed by atoms with Gasteiger partial charge in [0.25, 0.3) is 11.5 Å². The molecule has 1 aliphatic carbocycles. The molecule has 0 radical (unpaired) electrons. The van der Waals surface area contributed by atoms with Gasteiger partial charge in [0.2, 0.25) is 0 Å². The second kappa shape index (κ2) is 7.54. The zero-order valence-electron chi connectivity index (χ0n) is 17.6. The van der Waals surface area contributed by atoms with Crippen LogP contribution in [0, 0.1) is 19.8 Å². The fourth-order valence-electron chi connectivity index (χ4n) is 4.59. The number of hydrogen-bond acceptors (Lipinski definition) is 2. The van der Waals surface area contributed by atoms with Gasteiger partial charge < -0.3 is 14.9 Å². The number of benzene rings is 1. The van der Waals surface area contributed by atoms with Crippen molar-refractivity contribution in [2.24, 2.45) is 5.92 Å². The minimum absolute atomic E-state index is 0.0997. The molecule has 5 nitrogen and oxygen atoms in total. The van der Waals surface area contributed by atoms with E-state index in [1.165, 1.54) is 10.9 Å². The molecular weight excluding hydrogens is 362 g/mol. The zero-order valence-corrected chi connectivity index (χ0v) is 17.6. The Kier molecular flexibility index (Phi) is 5.07. The van der Waals surface area contributed by atoms with Gasteiger partial charge in [-0.2, -0.15) is 0 Å². The van der Waals surface area contributed by atoms with E-state index in [2.05, 4.69) is 36.3 Å². The van der Waals surface area contributed by atoms with E-state index >= 15 is 0 Å². The van der Waals surface area contributed by atoms with Crippen LogP contribution in [0.2, 0.25) is 0 Å². The van der Waals surface area contributed by atoms with Crippen molar-refractivity contribution in [3.8, 4) is 0 Å². The van der Waals surface area contributed by atoms with Gasteiger partial charge >= 0.3 is 0 Å². The third kappa shape index (κ3) is 3.50. The molecule has 0 aliphatic heterocycles. The van der Waals surface area contributed by atoms with Crippen LogP contribution >= 0.6 is 0 Å². The molecule has 1 aliphatic rings. The van der Waals surface area contributed by atoms with Crippen molar-refractivity contribution < 1.29 is 4.79 Å². The summed E-state index contributed by atoms with van der Waals surface area (Å²) in [5.41, 5.74) is 5.17. The lowest BCUT2D eigenvalue weighted by Gasteiger charge is -2.24. The van der Waals surface area contributed by atoms with Crippen LogP contribution in [0.25, 0.3) is 10.9 Å². The number of amides is 1. The first-order valence-electron chi connectivity index (χ1n) is 10.5. The molecule has 1 atom stereocenters. The molecule has 29 heavy (non-hydrogen) atoms. The number of fused-ring (bicyclic) bond motifs is 3. The van der Waals surface area contributed by atoms with Gasteiger partial charge in [-0.25, -0.2) is 0 Å². The molecule has 0 unspecified atom stereocenters. The minimum atomic E-state index is -0.276. The van der Waals surface area contributed by atoms with Crippen LogP contribution in [0.3, 0.4) is 0 Å². The smallest absolute Gasteiger partial charge is 0.263 e. The molecule has 1 aromatic carbocycles. The Morgan fingerprint density at radius 2 is 2.03 bits per heavy atom. The van der Waals surface area contributed by atoms with Crippen molar-refractivity contribution in [2.45, 2.75) is 59.5 Å². The topological polar surface area (TPSA) is 66.9 Å². The fraction of sp³-hybridized carbons (Fsp3) is 0.417. The fourth-order valence-corrected chi connectivity index (χ4v) is 4.59. The van der Waals surface area contributed by atoms with E-state index in [0.29, 0.717) is 12.5 Å². The second-order valence-electron chi connectivity index (χ2n) is 8.63. The van der Waals surface area contributed by atoms with Gasteiger partial charge in [0.1, 0.15) is 5.56 Å². The summed E-state index contributed by atoms with van der Waals surface area (Å²) in [5, 5.41) is 4.38. The van der Waals surface area contributed by atoms with Gasteiger partial charge in [0, 0.05) is 28.8 Å². The molecule has 0 bridgehead atoms. The van der Waals surface area contributed by atoms with Crippen LogP contribution in [0.5, 0.6) is 0 Å². The highest BCUT2D eigenvalue weighted by atomic mass is 16.2. The summed E-state index contributed by atoms with van der Waals surface area (Å²) in [6.07, 6.45) is 2.90. The molecule has 152 valence electrons. The van der Waals surface area contributed by atoms with Crippen molar-refractivity contribution in [2.75, 3.05) is 0 Å². The number of aryl methyl sites for hydroxylation is 3. The minimum Gasteiger partial charge on any atom is -0.356 e. The number of pyridine rings is 1. The molecule has 3 aromatic rings. The van der Waals surface area contributed by atoms with Crippen LogP contribution in [0.15, 0.2) is 35.1 Å². The molecule has 2 heterocycles. The number of aromatic amines is 1. The highest BCUT2D eigenvalue weighted by molar-refractivity contribution is 5.96. The van der Waals surface area contributed by atoms with Gasteiger partial charge in [-0.1, -0.05) is 32.0 Å². The van der Waals surface area contributed by atoms with Crippen molar-refractivity contribution in [3.05, 3.63) is 68.8 Å². The summed E-state index contributed by atoms with van der Waals surface area (Å²) in [5.74, 6) is 0.0544. The lowest BCUT2D eigenvalue weighted by Crippen LogP contribution is -2.38. The van der Waals surface area contributed by atoms with Gasteiger partial charge in [-0.3, -0.25) is 9.59 Å². The normalized spacial score (nSPS) is 16.2. The average Bonchev–Trinajstić information content (AvgIpc) is 3.05. The summed E-state index contributed by atoms with van der Waals surface area (Å²) in [6.45, 7) is 8.53. The Hall–Kier alpha value is -2.82. The van der Waals surface area contributed by atoms with Crippen molar-refractivity contribution in [1.29, 1.82) is 0 Å². The van der Waals surface area contributed by atoms with Crippen LogP contribution in [-0.2, 0) is 13.0 Å². The Labute approximate surface area is 171 Å². The predicted octanol–water partition coefficient (Wildman–Crippen LogP) is 4.41. The van der Waals surface area contributed by atoms with Gasteiger partial charge in [-0.15, -0.1) is 0 Å². The number of hydrogen-bond donors (Lipinski definition) is 2. The predicted molar refractivity (Wildman–Crippen MR) is 116 cm³/mol. The van der Waals surface area contributed by atoms with E-state index in [0.717, 1.165) is 41.7 Å². The molecule has 1 amide bonds. The zero-order chi connectivity index (χ0) is 20.7. The maximum Gasteiger partial charge on any atom is 0.263 e. The number of rotatable bonds is 4. The van der Waals surface area contributed by atoms with Crippen molar-refractivity contribution in [1.82, 2.24) is 14.9 Å². The van der Waals surface area contributed by atoms with Gasteiger partial charge in [0.05, 0.1) is 6.04 Å². The summed E-state index contributed by atoms with van der Waals surface area (Å²) in [4.78, 5) is 29.8. The Balaban J connectivity index is 1.69. The van der Waals surface area contributed by atoms with Gasteiger partial charge in [-0.05, 0) is 62.3 Å². The molecule has 0 spiro atoms. The SMILES string of the molecule is Cc1cc(C)n(CC(C)C)c(=O)c1C(=O)N[C@@H]1CCCc2c1[nH]c1ccccc21. The third-order valence-corrected chi connectivity index (χ3v) is 5.90. The standard InChI is InChI=1S/C24H29N3O2/c1-14(2)13-27-16(4)12-15(3)21(24(27)29)23(28)26-20-11-7-9-18-17-8-5-6-10-19(17)25-22(18)20/h5-6,8,10,12,14,20,25H,7,9,11,13H2,1-4H3,(H,26,28)/t20-/m1/s1. The van der Waals surface area contributed by atoms with Crippen LogP contribution in [-0.4, -0.2) is 15.5 Å². The molecule has 2 aromatic heterocycles. The Morgan fingerprint density at radius 3 is 2.79 bits per heavy atom. The number of nitrogens with one attached hydrogen (secondary N) is 2. The first kappa shape index (κ1) is 19.5. The maximum absolute atomic E-state index is 13.2.